The van der Waals surface area contributed by atoms with Gasteiger partial charge >= 0.3 is 0 Å². The molecule has 1 aliphatic rings. The summed E-state index contributed by atoms with van der Waals surface area (Å²) < 4.78 is 14.0. The number of aliphatic hydroxyl groups is 1. The van der Waals surface area contributed by atoms with Crippen LogP contribution < -0.4 is 10.2 Å². The van der Waals surface area contributed by atoms with Crippen LogP contribution in [0.3, 0.4) is 0 Å². The first-order valence-corrected chi connectivity index (χ1v) is 6.37. The summed E-state index contributed by atoms with van der Waals surface area (Å²) in [5.74, 6) is 0.111. The fourth-order valence-corrected chi connectivity index (χ4v) is 2.28. The molecule has 0 spiro atoms. The van der Waals surface area contributed by atoms with E-state index in [0.29, 0.717) is 18.3 Å². The number of aliphatic hydroxyl groups excluding tert-OH is 1. The second-order valence-corrected chi connectivity index (χ2v) is 5.00. The highest BCUT2D eigenvalue weighted by Gasteiger charge is 2.20. The molecule has 1 saturated heterocycles. The summed E-state index contributed by atoms with van der Waals surface area (Å²) in [5.41, 5.74) is 0.731. The molecule has 100 valence electrons. The maximum atomic E-state index is 14.0. The molecule has 2 atom stereocenters. The van der Waals surface area contributed by atoms with Crippen molar-refractivity contribution >= 4 is 5.82 Å². The Morgan fingerprint density at radius 2 is 2.44 bits per heavy atom. The van der Waals surface area contributed by atoms with Gasteiger partial charge in [-0.15, -0.1) is 0 Å². The maximum absolute atomic E-state index is 14.0. The van der Waals surface area contributed by atoms with Crippen molar-refractivity contribution in [3.8, 4) is 0 Å². The lowest BCUT2D eigenvalue weighted by Crippen LogP contribution is -2.49. The zero-order valence-corrected chi connectivity index (χ0v) is 10.9. The zero-order valence-electron chi connectivity index (χ0n) is 10.9. The van der Waals surface area contributed by atoms with Gasteiger partial charge in [-0.1, -0.05) is 0 Å². The Bertz CT molecular complexity index is 411. The van der Waals surface area contributed by atoms with E-state index in [-0.39, 0.29) is 5.82 Å². The minimum Gasteiger partial charge on any atom is -0.393 e. The number of hydrogen-bond acceptors (Lipinski definition) is 4. The third kappa shape index (κ3) is 3.17. The fourth-order valence-electron chi connectivity index (χ4n) is 2.28. The van der Waals surface area contributed by atoms with Crippen LogP contribution in [0, 0.1) is 5.82 Å². The molecule has 0 aromatic carbocycles. The highest BCUT2D eigenvalue weighted by Crippen LogP contribution is 2.19. The van der Waals surface area contributed by atoms with Crippen LogP contribution in [0.2, 0.25) is 0 Å². The summed E-state index contributed by atoms with van der Waals surface area (Å²) in [7, 11) is 0. The van der Waals surface area contributed by atoms with Crippen LogP contribution in [-0.4, -0.2) is 41.9 Å². The van der Waals surface area contributed by atoms with Crippen molar-refractivity contribution in [1.82, 2.24) is 10.3 Å². The first kappa shape index (κ1) is 13.2. The van der Waals surface area contributed by atoms with E-state index in [1.54, 1.807) is 13.1 Å². The quantitative estimate of drug-likeness (QED) is 0.842. The third-order valence-corrected chi connectivity index (χ3v) is 3.08. The molecule has 0 bridgehead atoms. The van der Waals surface area contributed by atoms with Gasteiger partial charge in [-0.05, 0) is 31.9 Å². The van der Waals surface area contributed by atoms with Gasteiger partial charge in [0, 0.05) is 31.9 Å². The van der Waals surface area contributed by atoms with E-state index < -0.39 is 6.10 Å². The van der Waals surface area contributed by atoms with Crippen LogP contribution in [0.15, 0.2) is 12.3 Å². The van der Waals surface area contributed by atoms with Gasteiger partial charge in [-0.2, -0.15) is 0 Å². The second-order valence-electron chi connectivity index (χ2n) is 5.00. The molecule has 2 N–H and O–H groups in total. The Labute approximate surface area is 107 Å². The van der Waals surface area contributed by atoms with Crippen LogP contribution >= 0.6 is 0 Å². The number of nitrogens with one attached hydrogen (secondary N) is 1. The average Bonchev–Trinajstić information content (AvgIpc) is 2.28. The molecule has 0 saturated carbocycles. The summed E-state index contributed by atoms with van der Waals surface area (Å²) in [6.45, 7) is 6.14. The van der Waals surface area contributed by atoms with E-state index in [9.17, 15) is 9.50 Å². The minimum absolute atomic E-state index is 0.303. The highest BCUT2D eigenvalue weighted by molar-refractivity contribution is 5.42. The van der Waals surface area contributed by atoms with Gasteiger partial charge in [0.05, 0.1) is 6.10 Å². The van der Waals surface area contributed by atoms with Crippen LogP contribution in [0.1, 0.15) is 19.4 Å². The van der Waals surface area contributed by atoms with E-state index in [4.69, 9.17) is 0 Å². The standard InChI is InChI=1S/C13H20FN3O/c1-9-8-17(4-3-15-9)13-12(14)6-11(7-16-13)5-10(2)18/h6-7,9-10,15,18H,3-5,8H2,1-2H3/t9-,10+/m1/s1. The van der Waals surface area contributed by atoms with Gasteiger partial charge in [0.25, 0.3) is 0 Å². The van der Waals surface area contributed by atoms with Gasteiger partial charge in [0.2, 0.25) is 0 Å². The monoisotopic (exact) mass is 253 g/mol. The number of piperazine rings is 1. The predicted molar refractivity (Wildman–Crippen MR) is 69.3 cm³/mol. The van der Waals surface area contributed by atoms with Crippen molar-refractivity contribution in [1.29, 1.82) is 0 Å². The van der Waals surface area contributed by atoms with Crippen molar-refractivity contribution in [2.24, 2.45) is 0 Å². The fraction of sp³-hybridized carbons (Fsp3) is 0.615. The maximum Gasteiger partial charge on any atom is 0.165 e. The smallest absolute Gasteiger partial charge is 0.165 e. The summed E-state index contributed by atoms with van der Waals surface area (Å²) in [6, 6.07) is 1.82. The van der Waals surface area contributed by atoms with Crippen LogP contribution in [0.25, 0.3) is 0 Å². The number of pyridine rings is 1. The van der Waals surface area contributed by atoms with Gasteiger partial charge in [0.15, 0.2) is 11.6 Å². The summed E-state index contributed by atoms with van der Waals surface area (Å²) >= 11 is 0. The van der Waals surface area contributed by atoms with Crippen molar-refractivity contribution < 1.29 is 9.50 Å². The SMILES string of the molecule is C[C@H](O)Cc1cnc(N2CCN[C@H](C)C2)c(F)c1. The van der Waals surface area contributed by atoms with E-state index in [0.717, 1.165) is 25.2 Å². The summed E-state index contributed by atoms with van der Waals surface area (Å²) in [6.07, 6.45) is 1.61. The number of halogens is 1. The van der Waals surface area contributed by atoms with E-state index in [2.05, 4.69) is 17.2 Å². The molecular weight excluding hydrogens is 233 g/mol. The molecule has 1 aromatic rings. The normalized spacial score (nSPS) is 22.0. The van der Waals surface area contributed by atoms with E-state index in [1.165, 1.54) is 6.07 Å². The Hall–Kier alpha value is -1.20. The Kier molecular flexibility index (Phi) is 4.14. The Morgan fingerprint density at radius 3 is 3.06 bits per heavy atom. The zero-order chi connectivity index (χ0) is 13.1. The minimum atomic E-state index is -0.476. The lowest BCUT2D eigenvalue weighted by molar-refractivity contribution is 0.195. The molecule has 5 heteroatoms. The number of rotatable bonds is 3. The first-order valence-electron chi connectivity index (χ1n) is 6.37. The molecule has 0 aliphatic carbocycles. The molecule has 0 amide bonds. The highest BCUT2D eigenvalue weighted by atomic mass is 19.1. The Morgan fingerprint density at radius 1 is 1.67 bits per heavy atom. The molecule has 0 unspecified atom stereocenters. The molecule has 1 fully saturated rings. The molecule has 4 nitrogen and oxygen atoms in total. The molecule has 1 aromatic heterocycles. The number of hydrogen-bond donors (Lipinski definition) is 2. The molecule has 2 rings (SSSR count). The van der Waals surface area contributed by atoms with Crippen LogP contribution in [-0.2, 0) is 6.42 Å². The number of aromatic nitrogens is 1. The molecule has 18 heavy (non-hydrogen) atoms. The number of anilines is 1. The molecule has 2 heterocycles. The number of nitrogens with zero attached hydrogens (tertiary/aromatic N) is 2. The van der Waals surface area contributed by atoms with Gasteiger partial charge in [0.1, 0.15) is 0 Å². The first-order chi connectivity index (χ1) is 8.56. The predicted octanol–water partition coefficient (Wildman–Crippen LogP) is 0.942. The lowest BCUT2D eigenvalue weighted by Gasteiger charge is -2.32. The lowest BCUT2D eigenvalue weighted by atomic mass is 10.1. The van der Waals surface area contributed by atoms with Gasteiger partial charge in [-0.25, -0.2) is 9.37 Å². The van der Waals surface area contributed by atoms with Crippen LogP contribution in [0.5, 0.6) is 0 Å². The largest absolute Gasteiger partial charge is 0.393 e. The van der Waals surface area contributed by atoms with Crippen molar-refractivity contribution in [2.45, 2.75) is 32.4 Å². The topological polar surface area (TPSA) is 48.4 Å². The van der Waals surface area contributed by atoms with Gasteiger partial charge < -0.3 is 15.3 Å². The van der Waals surface area contributed by atoms with E-state index >= 15 is 0 Å². The van der Waals surface area contributed by atoms with Crippen molar-refractivity contribution in [3.63, 3.8) is 0 Å². The van der Waals surface area contributed by atoms with Crippen molar-refractivity contribution in [3.05, 3.63) is 23.6 Å². The van der Waals surface area contributed by atoms with Gasteiger partial charge in [-0.3, -0.25) is 0 Å². The average molecular weight is 253 g/mol. The molecule has 1 aliphatic heterocycles. The van der Waals surface area contributed by atoms with Crippen molar-refractivity contribution in [2.75, 3.05) is 24.5 Å². The second kappa shape index (κ2) is 5.63. The van der Waals surface area contributed by atoms with Crippen LogP contribution in [0.4, 0.5) is 10.2 Å². The third-order valence-electron chi connectivity index (χ3n) is 3.08. The Balaban J connectivity index is 2.13. The molecule has 0 radical (unpaired) electrons. The summed E-state index contributed by atoms with van der Waals surface area (Å²) in [5, 5.41) is 12.6. The van der Waals surface area contributed by atoms with E-state index in [1.807, 2.05) is 4.90 Å². The molecular formula is C13H20FN3O. The summed E-state index contributed by atoms with van der Waals surface area (Å²) in [4.78, 5) is 6.16.